The number of aliphatic hydroxyl groups is 2. The molecule has 3 aromatic rings. The molecule has 47 heavy (non-hydrogen) atoms. The van der Waals surface area contributed by atoms with Crippen LogP contribution in [-0.2, 0) is 28.9 Å². The molecule has 0 aliphatic rings. The lowest BCUT2D eigenvalue weighted by Gasteiger charge is -2.28. The maximum atomic E-state index is 12.8. The van der Waals surface area contributed by atoms with E-state index in [0.717, 1.165) is 35.1 Å². The smallest absolute Gasteiger partial charge is 0.338 e. The lowest BCUT2D eigenvalue weighted by Crippen LogP contribution is -2.29. The van der Waals surface area contributed by atoms with Crippen LogP contribution in [-0.4, -0.2) is 35.4 Å². The minimum Gasteiger partial charge on any atom is -0.423 e. The van der Waals surface area contributed by atoms with Gasteiger partial charge in [0, 0.05) is 22.1 Å². The summed E-state index contributed by atoms with van der Waals surface area (Å²) in [6, 6.07) is 18.5. The summed E-state index contributed by atoms with van der Waals surface area (Å²) in [6.45, 7) is 16.7. The van der Waals surface area contributed by atoms with Crippen LogP contribution < -0.4 is 9.47 Å². The molecule has 0 atom stereocenters. The van der Waals surface area contributed by atoms with Gasteiger partial charge in [-0.2, -0.15) is 0 Å². The van der Waals surface area contributed by atoms with E-state index in [9.17, 15) is 19.8 Å². The Morgan fingerprint density at radius 1 is 0.702 bits per heavy atom. The van der Waals surface area contributed by atoms with Gasteiger partial charge in [-0.05, 0) is 104 Å². The topological polar surface area (TPSA) is 93.1 Å². The van der Waals surface area contributed by atoms with E-state index in [1.807, 2.05) is 13.0 Å². The van der Waals surface area contributed by atoms with E-state index in [0.29, 0.717) is 48.3 Å². The second-order valence-electron chi connectivity index (χ2n) is 12.7. The predicted octanol–water partition coefficient (Wildman–Crippen LogP) is 8.98. The van der Waals surface area contributed by atoms with Crippen LogP contribution in [0.25, 0.3) is 22.3 Å². The van der Waals surface area contributed by atoms with Crippen molar-refractivity contribution in [2.75, 3.05) is 13.2 Å². The Kier molecular flexibility index (Phi) is 14.2. The highest BCUT2D eigenvalue weighted by molar-refractivity contribution is 5.92. The van der Waals surface area contributed by atoms with Gasteiger partial charge in [0.2, 0.25) is 0 Å². The molecular weight excluding hydrogens is 588 g/mol. The van der Waals surface area contributed by atoms with Gasteiger partial charge in [0.15, 0.2) is 0 Å². The molecule has 0 radical (unpaired) electrons. The summed E-state index contributed by atoms with van der Waals surface area (Å²) in [6.07, 6.45) is 7.74. The molecule has 0 bridgehead atoms. The van der Waals surface area contributed by atoms with E-state index < -0.39 is 17.4 Å². The number of carbonyl (C=O) groups excluding carboxylic acids is 2. The first-order chi connectivity index (χ1) is 22.5. The highest BCUT2D eigenvalue weighted by Crippen LogP contribution is 2.40. The normalized spacial score (nSPS) is 11.3. The van der Waals surface area contributed by atoms with Gasteiger partial charge in [-0.1, -0.05) is 89.2 Å². The molecule has 0 aromatic heterocycles. The molecule has 0 unspecified atom stereocenters. The van der Waals surface area contributed by atoms with Gasteiger partial charge in [-0.3, -0.25) is 0 Å². The summed E-state index contributed by atoms with van der Waals surface area (Å²) >= 11 is 0. The number of rotatable bonds is 18. The van der Waals surface area contributed by atoms with Gasteiger partial charge in [-0.15, -0.1) is 0 Å². The number of ether oxygens (including phenoxy) is 2. The lowest BCUT2D eigenvalue weighted by molar-refractivity contribution is -0.131. The van der Waals surface area contributed by atoms with Gasteiger partial charge < -0.3 is 19.7 Å². The van der Waals surface area contributed by atoms with Crippen LogP contribution in [0.1, 0.15) is 89.8 Å². The van der Waals surface area contributed by atoms with Crippen molar-refractivity contribution in [1.82, 2.24) is 0 Å². The molecule has 3 rings (SSSR count). The fourth-order valence-corrected chi connectivity index (χ4v) is 5.60. The van der Waals surface area contributed by atoms with Gasteiger partial charge >= 0.3 is 11.9 Å². The Hall–Kier alpha value is -4.00. The maximum Gasteiger partial charge on any atom is 0.338 e. The lowest BCUT2D eigenvalue weighted by atomic mass is 9.81. The van der Waals surface area contributed by atoms with Crippen molar-refractivity contribution in [1.29, 1.82) is 0 Å². The van der Waals surface area contributed by atoms with Crippen molar-refractivity contribution in [3.63, 3.8) is 0 Å². The van der Waals surface area contributed by atoms with E-state index in [2.05, 4.69) is 63.4 Å². The van der Waals surface area contributed by atoms with Crippen LogP contribution in [0.3, 0.4) is 0 Å². The van der Waals surface area contributed by atoms with Crippen molar-refractivity contribution in [2.45, 2.75) is 92.4 Å². The maximum absolute atomic E-state index is 12.8. The number of hydrogen-bond acceptors (Lipinski definition) is 6. The van der Waals surface area contributed by atoms with Crippen LogP contribution in [0.2, 0.25) is 0 Å². The van der Waals surface area contributed by atoms with Gasteiger partial charge in [-0.25, -0.2) is 9.59 Å². The first-order valence-electron chi connectivity index (χ1n) is 16.9. The molecule has 252 valence electrons. The standard InChI is InChI=1S/C41H52O6/c1-8-11-12-14-30-16-18-32(19-17-30)35-21-20-33(23-31(35)9-2)36-25-37(46-39(44)28(4)5)34(24-38(36)47-40(45)29(6)7)15-13-22-41(10-3,26-42)27-43/h16-21,23-25,42-43H,4,6,8-15,22,26-27H2,1-3,5,7H3. The fourth-order valence-electron chi connectivity index (χ4n) is 5.60. The molecule has 0 saturated carbocycles. The Morgan fingerprint density at radius 3 is 1.87 bits per heavy atom. The van der Waals surface area contributed by atoms with E-state index in [4.69, 9.17) is 9.47 Å². The minimum absolute atomic E-state index is 0.128. The molecule has 6 nitrogen and oxygen atoms in total. The Bertz CT molecular complexity index is 1540. The molecule has 0 heterocycles. The summed E-state index contributed by atoms with van der Waals surface area (Å²) < 4.78 is 11.7. The van der Waals surface area contributed by atoms with Gasteiger partial charge in [0.25, 0.3) is 0 Å². The summed E-state index contributed by atoms with van der Waals surface area (Å²) in [4.78, 5) is 25.6. The molecule has 0 aliphatic carbocycles. The van der Waals surface area contributed by atoms with Crippen LogP contribution >= 0.6 is 0 Å². The number of esters is 2. The molecule has 3 aromatic carbocycles. The van der Waals surface area contributed by atoms with Crippen LogP contribution in [0.15, 0.2) is 78.9 Å². The second-order valence-corrected chi connectivity index (χ2v) is 12.7. The summed E-state index contributed by atoms with van der Waals surface area (Å²) in [5.74, 6) is -0.430. The van der Waals surface area contributed by atoms with Crippen molar-refractivity contribution < 1.29 is 29.3 Å². The Labute approximate surface area is 281 Å². The number of unbranched alkanes of at least 4 members (excludes halogenated alkanes) is 2. The zero-order valence-corrected chi connectivity index (χ0v) is 28.9. The molecule has 0 aliphatic heterocycles. The average molecular weight is 641 g/mol. The van der Waals surface area contributed by atoms with E-state index in [1.165, 1.54) is 24.8 Å². The third kappa shape index (κ3) is 9.99. The number of aliphatic hydroxyl groups excluding tert-OH is 2. The Morgan fingerprint density at radius 2 is 1.32 bits per heavy atom. The zero-order valence-electron chi connectivity index (χ0n) is 28.9. The van der Waals surface area contributed by atoms with Crippen molar-refractivity contribution >= 4 is 11.9 Å². The number of aryl methyl sites for hydroxylation is 3. The van der Waals surface area contributed by atoms with Gasteiger partial charge in [0.05, 0.1) is 13.2 Å². The largest absolute Gasteiger partial charge is 0.423 e. The minimum atomic E-state index is -0.600. The van der Waals surface area contributed by atoms with Gasteiger partial charge in [0.1, 0.15) is 11.5 Å². The first-order valence-corrected chi connectivity index (χ1v) is 16.9. The fraction of sp³-hybridized carbons (Fsp3) is 0.415. The van der Waals surface area contributed by atoms with E-state index in [1.54, 1.807) is 26.0 Å². The molecule has 0 fully saturated rings. The number of hydrogen-bond donors (Lipinski definition) is 2. The van der Waals surface area contributed by atoms with Crippen molar-refractivity contribution in [2.24, 2.45) is 5.41 Å². The SMILES string of the molecule is C=C(C)C(=O)Oc1cc(-c2ccc(-c3ccc(CCCCC)cc3)c(CC)c2)c(OC(=O)C(=C)C)cc1CCCC(CC)(CO)CO. The quantitative estimate of drug-likeness (QED) is 0.0624. The highest BCUT2D eigenvalue weighted by Gasteiger charge is 2.27. The molecule has 0 amide bonds. The van der Waals surface area contributed by atoms with E-state index >= 15 is 0 Å². The summed E-state index contributed by atoms with van der Waals surface area (Å²) in [5, 5.41) is 19.9. The molecule has 0 spiro atoms. The molecule has 2 N–H and O–H groups in total. The first kappa shape index (κ1) is 37.5. The Balaban J connectivity index is 2.10. The third-order valence-corrected chi connectivity index (χ3v) is 8.97. The summed E-state index contributed by atoms with van der Waals surface area (Å²) in [7, 11) is 0. The highest BCUT2D eigenvalue weighted by atomic mass is 16.5. The summed E-state index contributed by atoms with van der Waals surface area (Å²) in [5.41, 5.74) is 6.75. The van der Waals surface area contributed by atoms with Crippen LogP contribution in [0.5, 0.6) is 11.5 Å². The van der Waals surface area contributed by atoms with E-state index in [-0.39, 0.29) is 24.4 Å². The third-order valence-electron chi connectivity index (χ3n) is 8.97. The zero-order chi connectivity index (χ0) is 34.6. The molecule has 0 saturated heterocycles. The van der Waals surface area contributed by atoms with Crippen molar-refractivity contribution in [3.8, 4) is 33.8 Å². The van der Waals surface area contributed by atoms with Crippen molar-refractivity contribution in [3.05, 3.63) is 95.6 Å². The average Bonchev–Trinajstić information content (AvgIpc) is 3.07. The monoisotopic (exact) mass is 640 g/mol. The van der Waals surface area contributed by atoms with Crippen LogP contribution in [0, 0.1) is 5.41 Å². The number of carbonyl (C=O) groups is 2. The predicted molar refractivity (Wildman–Crippen MR) is 191 cm³/mol. The number of benzene rings is 3. The molecule has 6 heteroatoms. The molecular formula is C41H52O6. The second kappa shape index (κ2) is 17.8. The van der Waals surface area contributed by atoms with Crippen LogP contribution in [0.4, 0.5) is 0 Å².